The molecule has 0 saturated carbocycles. The number of nitriles is 2. The monoisotopic (exact) mass is 492 g/mol. The lowest BCUT2D eigenvalue weighted by Crippen LogP contribution is -2.17. The zero-order valence-corrected chi connectivity index (χ0v) is 21.2. The Kier molecular flexibility index (Phi) is 5.59. The number of rotatable bonds is 3. The van der Waals surface area contributed by atoms with Crippen molar-refractivity contribution < 1.29 is 0 Å². The SMILES string of the molecule is CC1(C)CC(/C=C/c2ccc(-c3nc4c5cccnc5c5ncccc5c4[nH]3)cc2)=CC(=C(C#N)C#N)C1. The molecule has 0 saturated heterocycles. The predicted octanol–water partition coefficient (Wildman–Crippen LogP) is 7.43. The average molecular weight is 493 g/mol. The Labute approximate surface area is 220 Å². The quantitative estimate of drug-likeness (QED) is 0.208. The molecule has 0 atom stereocenters. The Hall–Kier alpha value is -5.07. The number of fused-ring (bicyclic) bond motifs is 6. The molecule has 1 N–H and O–H groups in total. The number of imidazole rings is 1. The second kappa shape index (κ2) is 9.10. The van der Waals surface area contributed by atoms with Crippen LogP contribution in [0.25, 0.3) is 50.3 Å². The maximum Gasteiger partial charge on any atom is 0.138 e. The van der Waals surface area contributed by atoms with Gasteiger partial charge < -0.3 is 4.98 Å². The molecule has 2 aromatic carbocycles. The third-order valence-corrected chi connectivity index (χ3v) is 7.00. The molecule has 0 unspecified atom stereocenters. The molecule has 0 radical (unpaired) electrons. The first kappa shape index (κ1) is 23.3. The molecule has 3 aromatic heterocycles. The standard InChI is InChI=1S/C32H24N6/c1-32(2)16-21(15-23(17-32)24(18-33)19-34)8-7-20-9-11-22(12-10-20)31-37-29-25-5-3-13-35-27(25)28-26(30(29)38-31)6-4-14-36-28/h3-15H,16-17H2,1-2H3,(H,37,38)/b8-7+. The van der Waals surface area contributed by atoms with Gasteiger partial charge in [0.2, 0.25) is 0 Å². The van der Waals surface area contributed by atoms with Crippen molar-refractivity contribution in [3.63, 3.8) is 0 Å². The van der Waals surface area contributed by atoms with Crippen LogP contribution in [-0.4, -0.2) is 19.9 Å². The van der Waals surface area contributed by atoms with E-state index in [0.29, 0.717) is 0 Å². The third-order valence-electron chi connectivity index (χ3n) is 7.00. The van der Waals surface area contributed by atoms with Crippen molar-refractivity contribution in [1.82, 2.24) is 19.9 Å². The van der Waals surface area contributed by atoms with Gasteiger partial charge >= 0.3 is 0 Å². The molecule has 0 spiro atoms. The number of nitrogens with zero attached hydrogens (tertiary/aromatic N) is 5. The number of H-pyrrole nitrogens is 1. The molecular weight excluding hydrogens is 468 g/mol. The number of aromatic amines is 1. The minimum Gasteiger partial charge on any atom is -0.337 e. The Morgan fingerprint density at radius 3 is 2.26 bits per heavy atom. The van der Waals surface area contributed by atoms with Crippen molar-refractivity contribution in [2.24, 2.45) is 5.41 Å². The summed E-state index contributed by atoms with van der Waals surface area (Å²) >= 11 is 0. The number of aromatic nitrogens is 4. The summed E-state index contributed by atoms with van der Waals surface area (Å²) in [4.78, 5) is 17.7. The first-order valence-electron chi connectivity index (χ1n) is 12.5. The second-order valence-electron chi connectivity index (χ2n) is 10.4. The van der Waals surface area contributed by atoms with Crippen LogP contribution >= 0.6 is 0 Å². The molecule has 6 nitrogen and oxygen atoms in total. The zero-order chi connectivity index (χ0) is 26.3. The highest BCUT2D eigenvalue weighted by Crippen LogP contribution is 2.39. The smallest absolute Gasteiger partial charge is 0.138 e. The first-order chi connectivity index (χ1) is 18.5. The highest BCUT2D eigenvalue weighted by atomic mass is 14.9. The van der Waals surface area contributed by atoms with E-state index in [1.807, 2.05) is 42.5 Å². The lowest BCUT2D eigenvalue weighted by Gasteiger charge is -2.30. The van der Waals surface area contributed by atoms with E-state index in [4.69, 9.17) is 4.98 Å². The van der Waals surface area contributed by atoms with E-state index in [1.54, 1.807) is 12.4 Å². The summed E-state index contributed by atoms with van der Waals surface area (Å²) < 4.78 is 0. The molecule has 0 bridgehead atoms. The Morgan fingerprint density at radius 2 is 1.55 bits per heavy atom. The molecule has 0 fully saturated rings. The van der Waals surface area contributed by atoms with Gasteiger partial charge in [0.05, 0.1) is 22.1 Å². The lowest BCUT2D eigenvalue weighted by molar-refractivity contribution is 0.354. The van der Waals surface area contributed by atoms with Gasteiger partial charge in [-0.05, 0) is 59.2 Å². The van der Waals surface area contributed by atoms with E-state index in [-0.39, 0.29) is 11.0 Å². The van der Waals surface area contributed by atoms with Gasteiger partial charge in [-0.1, -0.05) is 56.3 Å². The Bertz CT molecular complexity index is 1820. The Morgan fingerprint density at radius 1 is 0.868 bits per heavy atom. The minimum atomic E-state index is -0.00671. The van der Waals surface area contributed by atoms with E-state index in [0.717, 1.165) is 73.8 Å². The third kappa shape index (κ3) is 4.13. The molecule has 1 aliphatic rings. The largest absolute Gasteiger partial charge is 0.337 e. The second-order valence-corrected chi connectivity index (χ2v) is 10.4. The highest BCUT2D eigenvalue weighted by molar-refractivity contribution is 6.21. The van der Waals surface area contributed by atoms with Crippen molar-refractivity contribution in [3.05, 3.63) is 95.4 Å². The fraction of sp³-hybridized carbons (Fsp3) is 0.156. The maximum absolute atomic E-state index is 9.32. The van der Waals surface area contributed by atoms with E-state index < -0.39 is 0 Å². The van der Waals surface area contributed by atoms with Gasteiger partial charge in [0.1, 0.15) is 23.5 Å². The van der Waals surface area contributed by atoms with Crippen molar-refractivity contribution in [2.45, 2.75) is 26.7 Å². The van der Waals surface area contributed by atoms with Crippen LogP contribution in [0.4, 0.5) is 0 Å². The van der Waals surface area contributed by atoms with Crippen LogP contribution in [0.1, 0.15) is 32.3 Å². The maximum atomic E-state index is 9.32. The van der Waals surface area contributed by atoms with Gasteiger partial charge in [0, 0.05) is 28.7 Å². The molecule has 0 amide bonds. The molecule has 6 rings (SSSR count). The number of hydrogen-bond acceptors (Lipinski definition) is 5. The normalized spacial score (nSPS) is 15.1. The number of nitrogens with one attached hydrogen (secondary N) is 1. The van der Waals surface area contributed by atoms with Gasteiger partial charge in [-0.25, -0.2) is 4.98 Å². The van der Waals surface area contributed by atoms with Crippen LogP contribution in [0.15, 0.2) is 89.8 Å². The molecule has 182 valence electrons. The lowest BCUT2D eigenvalue weighted by atomic mass is 9.74. The van der Waals surface area contributed by atoms with Crippen LogP contribution in [-0.2, 0) is 0 Å². The fourth-order valence-corrected chi connectivity index (χ4v) is 5.33. The van der Waals surface area contributed by atoms with E-state index in [1.165, 1.54) is 0 Å². The van der Waals surface area contributed by atoms with Crippen molar-refractivity contribution in [1.29, 1.82) is 10.5 Å². The van der Waals surface area contributed by atoms with Crippen LogP contribution in [0.2, 0.25) is 0 Å². The van der Waals surface area contributed by atoms with Crippen LogP contribution in [0.5, 0.6) is 0 Å². The van der Waals surface area contributed by atoms with Crippen LogP contribution < -0.4 is 0 Å². The van der Waals surface area contributed by atoms with Gasteiger partial charge in [0.15, 0.2) is 0 Å². The molecule has 5 aromatic rings. The fourth-order valence-electron chi connectivity index (χ4n) is 5.33. The van der Waals surface area contributed by atoms with Crippen molar-refractivity contribution in [2.75, 3.05) is 0 Å². The van der Waals surface area contributed by atoms with Crippen molar-refractivity contribution in [3.8, 4) is 23.5 Å². The minimum absolute atomic E-state index is 0.00671. The first-order valence-corrected chi connectivity index (χ1v) is 12.5. The number of hydrogen-bond donors (Lipinski definition) is 1. The van der Waals surface area contributed by atoms with Crippen molar-refractivity contribution >= 4 is 38.9 Å². The molecule has 3 heterocycles. The summed E-state index contributed by atoms with van der Waals surface area (Å²) in [6.07, 6.45) is 11.3. The van der Waals surface area contributed by atoms with Gasteiger partial charge in [-0.15, -0.1) is 0 Å². The summed E-state index contributed by atoms with van der Waals surface area (Å²) in [5, 5.41) is 20.6. The van der Waals surface area contributed by atoms with E-state index in [2.05, 4.69) is 65.2 Å². The Balaban J connectivity index is 1.34. The number of benzene rings is 2. The van der Waals surface area contributed by atoms with Gasteiger partial charge in [-0.2, -0.15) is 10.5 Å². The van der Waals surface area contributed by atoms with Crippen LogP contribution in [0, 0.1) is 28.1 Å². The molecule has 38 heavy (non-hydrogen) atoms. The molecule has 0 aliphatic heterocycles. The molecule has 6 heteroatoms. The number of allylic oxidation sites excluding steroid dienone is 5. The number of pyridine rings is 2. The summed E-state index contributed by atoms with van der Waals surface area (Å²) in [7, 11) is 0. The summed E-state index contributed by atoms with van der Waals surface area (Å²) in [6, 6.07) is 20.3. The van der Waals surface area contributed by atoms with E-state index in [9.17, 15) is 10.5 Å². The topological polar surface area (TPSA) is 102 Å². The van der Waals surface area contributed by atoms with Gasteiger partial charge in [-0.3, -0.25) is 9.97 Å². The molecule has 1 aliphatic carbocycles. The summed E-state index contributed by atoms with van der Waals surface area (Å²) in [6.45, 7) is 4.34. The van der Waals surface area contributed by atoms with Gasteiger partial charge in [0.25, 0.3) is 0 Å². The zero-order valence-electron chi connectivity index (χ0n) is 21.2. The predicted molar refractivity (Wildman–Crippen MR) is 151 cm³/mol. The summed E-state index contributed by atoms with van der Waals surface area (Å²) in [5.74, 6) is 0.795. The average Bonchev–Trinajstić information content (AvgIpc) is 3.38. The highest BCUT2D eigenvalue weighted by Gasteiger charge is 2.26. The van der Waals surface area contributed by atoms with Crippen LogP contribution in [0.3, 0.4) is 0 Å². The summed E-state index contributed by atoms with van der Waals surface area (Å²) in [5.41, 5.74) is 7.73. The van der Waals surface area contributed by atoms with E-state index >= 15 is 0 Å². The molecular formula is C32H24N6.